The van der Waals surface area contributed by atoms with Crippen molar-refractivity contribution in [3.05, 3.63) is 29.3 Å². The summed E-state index contributed by atoms with van der Waals surface area (Å²) >= 11 is 4.17. The Morgan fingerprint density at radius 3 is 2.48 bits per heavy atom. The van der Waals surface area contributed by atoms with Crippen LogP contribution in [0.2, 0.25) is 0 Å². The number of nitrogen functional groups attached to an aromatic ring is 2. The average Bonchev–Trinajstić information content (AvgIpc) is 3.69. The van der Waals surface area contributed by atoms with E-state index in [9.17, 15) is 19.6 Å². The van der Waals surface area contributed by atoms with Crippen molar-refractivity contribution in [2.75, 3.05) is 24.7 Å². The summed E-state index contributed by atoms with van der Waals surface area (Å²) in [5, 5.41) is 20.0. The van der Waals surface area contributed by atoms with E-state index in [0.717, 1.165) is 12.7 Å². The van der Waals surface area contributed by atoms with Gasteiger partial charge in [-0.05, 0) is 6.42 Å². The molecular weight excluding hydrogens is 605 g/mol. The zero-order valence-corrected chi connectivity index (χ0v) is 23.1. The van der Waals surface area contributed by atoms with Gasteiger partial charge < -0.3 is 35.7 Å². The maximum atomic E-state index is 15.7. The first-order valence-electron chi connectivity index (χ1n) is 12.5. The number of halogens is 2. The molecule has 6 rings (SSSR count). The molecule has 0 spiro atoms. The Morgan fingerprint density at radius 1 is 1.05 bits per heavy atom. The van der Waals surface area contributed by atoms with Crippen LogP contribution in [0.1, 0.15) is 18.9 Å². The Kier molecular flexibility index (Phi) is 7.40. The highest BCUT2D eigenvalue weighted by molar-refractivity contribution is 8.46. The van der Waals surface area contributed by atoms with Crippen molar-refractivity contribution in [3.8, 4) is 0 Å². The summed E-state index contributed by atoms with van der Waals surface area (Å²) in [6.07, 6.45) is -7.73. The molecule has 0 aromatic carbocycles. The molecule has 2 aliphatic heterocycles. The molecule has 2 saturated heterocycles. The first kappa shape index (κ1) is 28.8. The van der Waals surface area contributed by atoms with Gasteiger partial charge in [-0.25, -0.2) is 28.7 Å². The fraction of sp³-hybridized carbons (Fsp3) is 0.524. The van der Waals surface area contributed by atoms with Gasteiger partial charge in [-0.3, -0.25) is 23.5 Å². The average molecular weight is 631 g/mol. The molecule has 42 heavy (non-hydrogen) atoms. The van der Waals surface area contributed by atoms with Gasteiger partial charge in [0, 0.05) is 6.61 Å². The van der Waals surface area contributed by atoms with Gasteiger partial charge in [-0.15, -0.1) is 0 Å². The lowest BCUT2D eigenvalue weighted by molar-refractivity contribution is -0.0412. The lowest BCUT2D eigenvalue weighted by atomic mass is 10.1. The minimum atomic E-state index is -4.33. The molecule has 7 N–H and O–H groups in total. The van der Waals surface area contributed by atoms with Crippen LogP contribution in [0.25, 0.3) is 22.3 Å². The number of H-pyrrole nitrogens is 1. The van der Waals surface area contributed by atoms with E-state index in [4.69, 9.17) is 25.5 Å². The number of aliphatic hydroxyl groups is 2. The molecule has 17 nitrogen and oxygen atoms in total. The van der Waals surface area contributed by atoms with E-state index in [-0.39, 0.29) is 40.5 Å². The highest BCUT2D eigenvalue weighted by atomic mass is 32.7. The molecule has 1 unspecified atom stereocenters. The van der Waals surface area contributed by atoms with E-state index in [0.29, 0.717) is 0 Å². The molecule has 0 saturated carbocycles. The number of imidazole rings is 2. The highest BCUT2D eigenvalue weighted by Gasteiger charge is 2.56. The van der Waals surface area contributed by atoms with E-state index in [1.807, 2.05) is 0 Å². The lowest BCUT2D eigenvalue weighted by Crippen LogP contribution is -2.33. The zero-order chi connectivity index (χ0) is 29.9. The third-order valence-corrected chi connectivity index (χ3v) is 10.1. The molecule has 6 heterocycles. The Hall–Kier alpha value is -3.26. The van der Waals surface area contributed by atoms with Crippen LogP contribution in [0.4, 0.5) is 20.5 Å². The van der Waals surface area contributed by atoms with Crippen molar-refractivity contribution in [1.82, 2.24) is 39.0 Å². The van der Waals surface area contributed by atoms with Gasteiger partial charge in [-0.1, -0.05) is 12.2 Å². The van der Waals surface area contributed by atoms with Crippen molar-refractivity contribution in [1.29, 1.82) is 0 Å². The fourth-order valence-electron chi connectivity index (χ4n) is 5.15. The second kappa shape index (κ2) is 10.8. The number of aromatic nitrogens is 8. The number of hydrogen-bond acceptors (Lipinski definition) is 14. The SMILES string of the molecule is Nc1nc2c(ncn2[C@@H]2O[C@H](CCO)[C@H](F)[C@H]2P(=O)(S)OC[C@H]2O[C@@H](n3cnc4c(N)ncnc43)[C@@H](F)[C@@H]2O)c(=O)[nH]1. The maximum Gasteiger partial charge on any atom is 0.280 e. The molecule has 2 aliphatic rings. The Bertz CT molecular complexity index is 1740. The fourth-order valence-corrected chi connectivity index (χ4v) is 7.70. The second-order valence-electron chi connectivity index (χ2n) is 9.73. The summed E-state index contributed by atoms with van der Waals surface area (Å²) in [7, 11) is 0. The van der Waals surface area contributed by atoms with Gasteiger partial charge in [0.2, 0.25) is 5.95 Å². The Balaban J connectivity index is 1.25. The number of rotatable bonds is 8. The predicted molar refractivity (Wildman–Crippen MR) is 144 cm³/mol. The van der Waals surface area contributed by atoms with Gasteiger partial charge in [0.05, 0.1) is 25.4 Å². The molecule has 2 fully saturated rings. The van der Waals surface area contributed by atoms with Crippen LogP contribution in [0.3, 0.4) is 0 Å². The molecule has 21 heteroatoms. The summed E-state index contributed by atoms with van der Waals surface area (Å²) in [4.78, 5) is 34.5. The monoisotopic (exact) mass is 630 g/mol. The van der Waals surface area contributed by atoms with E-state index in [1.165, 1.54) is 15.5 Å². The van der Waals surface area contributed by atoms with Crippen LogP contribution in [-0.2, 0) is 18.6 Å². The number of alkyl halides is 2. The molecule has 4 aromatic heterocycles. The summed E-state index contributed by atoms with van der Waals surface area (Å²) in [5.41, 5.74) is 9.32. The lowest BCUT2D eigenvalue weighted by Gasteiger charge is -2.27. The van der Waals surface area contributed by atoms with Gasteiger partial charge in [0.15, 0.2) is 41.3 Å². The van der Waals surface area contributed by atoms with Crippen LogP contribution in [0.15, 0.2) is 23.8 Å². The van der Waals surface area contributed by atoms with Gasteiger partial charge in [-0.2, -0.15) is 4.98 Å². The third-order valence-electron chi connectivity index (χ3n) is 7.18. The van der Waals surface area contributed by atoms with E-state index in [2.05, 4.69) is 42.2 Å². The molecule has 4 aromatic rings. The smallest absolute Gasteiger partial charge is 0.280 e. The molecule has 0 amide bonds. The van der Waals surface area contributed by atoms with Gasteiger partial charge in [0.1, 0.15) is 35.9 Å². The normalized spacial score (nSPS) is 31.3. The first-order valence-corrected chi connectivity index (χ1v) is 15.4. The highest BCUT2D eigenvalue weighted by Crippen LogP contribution is 2.64. The quantitative estimate of drug-likeness (QED) is 0.110. The predicted octanol–water partition coefficient (Wildman–Crippen LogP) is -0.154. The van der Waals surface area contributed by atoms with E-state index >= 15 is 8.78 Å². The molecule has 0 bridgehead atoms. The Morgan fingerprint density at radius 2 is 1.74 bits per heavy atom. The van der Waals surface area contributed by atoms with Crippen molar-refractivity contribution < 1.29 is 37.6 Å². The summed E-state index contributed by atoms with van der Waals surface area (Å²) in [6, 6.07) is 0. The summed E-state index contributed by atoms with van der Waals surface area (Å²) in [6.45, 7) is -5.43. The number of aliphatic hydroxyl groups excluding tert-OH is 2. The van der Waals surface area contributed by atoms with Gasteiger partial charge >= 0.3 is 0 Å². The third kappa shape index (κ3) is 4.72. The summed E-state index contributed by atoms with van der Waals surface area (Å²) in [5.74, 6) is -0.189. The standard InChI is InChI=1S/C21H25F2N10O7PS/c22-9-7(1-2-34)39-20(33-6-29-12-17(33)30-21(25)31-18(12)36)14(9)41(37,42)38-3-8-13(35)10(23)19(40-8)32-5-28-11-15(24)26-4-27-16(11)32/h4-10,13-14,19-20,34-35H,1-3H2,(H,37,42)(H2,24,26,27)(H3,25,30,31,36)/t7-,8-,9+,10+,13-,14-,19-,20-,41?/m1/s1. The van der Waals surface area contributed by atoms with E-state index < -0.39 is 74.1 Å². The number of thiol groups is 1. The topological polar surface area (TPSA) is 244 Å². The van der Waals surface area contributed by atoms with Crippen molar-refractivity contribution in [2.24, 2.45) is 0 Å². The number of nitrogens with one attached hydrogen (secondary N) is 1. The van der Waals surface area contributed by atoms with Crippen molar-refractivity contribution in [3.63, 3.8) is 0 Å². The van der Waals surface area contributed by atoms with Crippen molar-refractivity contribution in [2.45, 2.75) is 55.2 Å². The van der Waals surface area contributed by atoms with Crippen LogP contribution in [-0.4, -0.2) is 98.8 Å². The minimum absolute atomic E-state index is 0.0605. The number of nitrogens with two attached hydrogens (primary N) is 2. The number of hydrogen-bond donors (Lipinski definition) is 6. The zero-order valence-electron chi connectivity index (χ0n) is 21.3. The van der Waals surface area contributed by atoms with Crippen LogP contribution < -0.4 is 17.0 Å². The maximum absolute atomic E-state index is 15.7. The molecule has 226 valence electrons. The van der Waals surface area contributed by atoms with Crippen LogP contribution in [0.5, 0.6) is 0 Å². The number of nitrogens with zero attached hydrogens (tertiary/aromatic N) is 7. The molecular formula is C21H25F2N10O7PS. The minimum Gasteiger partial charge on any atom is -0.396 e. The van der Waals surface area contributed by atoms with Crippen LogP contribution >= 0.6 is 18.8 Å². The Labute approximate surface area is 238 Å². The number of aromatic amines is 1. The number of anilines is 2. The number of ether oxygens (including phenoxy) is 2. The first-order chi connectivity index (χ1) is 20.0. The largest absolute Gasteiger partial charge is 0.396 e. The summed E-state index contributed by atoms with van der Waals surface area (Å²) < 4.78 is 64.2. The molecule has 9 atom stereocenters. The van der Waals surface area contributed by atoms with Crippen molar-refractivity contribution >= 4 is 52.9 Å². The number of fused-ring (bicyclic) bond motifs is 2. The van der Waals surface area contributed by atoms with Crippen LogP contribution in [0, 0.1) is 0 Å². The van der Waals surface area contributed by atoms with Gasteiger partial charge in [0.25, 0.3) is 12.1 Å². The van der Waals surface area contributed by atoms with E-state index in [1.54, 1.807) is 0 Å². The molecule has 0 radical (unpaired) electrons. The second-order valence-corrected chi connectivity index (χ2v) is 13.4. The molecule has 0 aliphatic carbocycles.